The highest BCUT2D eigenvalue weighted by Crippen LogP contribution is 2.23. The van der Waals surface area contributed by atoms with E-state index in [0.717, 1.165) is 16.5 Å². The van der Waals surface area contributed by atoms with Gasteiger partial charge in [-0.05, 0) is 17.7 Å². The van der Waals surface area contributed by atoms with Gasteiger partial charge in [-0.3, -0.25) is 9.78 Å². The number of nitrogens with zero attached hydrogens (tertiary/aromatic N) is 2. The van der Waals surface area contributed by atoms with Gasteiger partial charge in [0.05, 0.1) is 5.52 Å². The smallest absolute Gasteiger partial charge is 0.211 e. The van der Waals surface area contributed by atoms with E-state index >= 15 is 0 Å². The largest absolute Gasteiger partial charge is 0.338 e. The molecular weight excluding hydrogens is 296 g/mol. The number of fused-ring (bicyclic) bond motifs is 1. The number of carbonyl (C=O) groups is 1. The van der Waals surface area contributed by atoms with E-state index in [4.69, 9.17) is 0 Å². The Kier molecular flexibility index (Phi) is 3.67. The number of rotatable bonds is 4. The van der Waals surface area contributed by atoms with Gasteiger partial charge in [0.25, 0.3) is 0 Å². The van der Waals surface area contributed by atoms with E-state index in [1.54, 1.807) is 6.20 Å². The number of hydrogen-bond donors (Lipinski definition) is 0. The molecule has 3 nitrogen and oxygen atoms in total. The molecule has 0 atom stereocenters. The number of carbonyl (C=O) groups excluding carboxylic acids is 1. The second-order valence-electron chi connectivity index (χ2n) is 5.73. The maximum atomic E-state index is 13.1. The van der Waals surface area contributed by atoms with Gasteiger partial charge in [0.1, 0.15) is 5.69 Å². The Bertz CT molecular complexity index is 988. The molecule has 0 saturated carbocycles. The monoisotopic (exact) mass is 312 g/mol. The Balaban J connectivity index is 1.86. The van der Waals surface area contributed by atoms with Crippen molar-refractivity contribution in [1.82, 2.24) is 9.55 Å². The minimum absolute atomic E-state index is 0.000214. The van der Waals surface area contributed by atoms with Crippen LogP contribution in [0.2, 0.25) is 0 Å². The van der Waals surface area contributed by atoms with Crippen molar-refractivity contribution in [3.63, 3.8) is 0 Å². The van der Waals surface area contributed by atoms with Gasteiger partial charge in [0.15, 0.2) is 0 Å². The molecule has 116 valence electrons. The van der Waals surface area contributed by atoms with Crippen molar-refractivity contribution in [2.45, 2.75) is 6.54 Å². The molecule has 2 aromatic heterocycles. The summed E-state index contributed by atoms with van der Waals surface area (Å²) >= 11 is 0. The van der Waals surface area contributed by atoms with E-state index in [0.29, 0.717) is 17.8 Å². The molecule has 0 bridgehead atoms. The summed E-state index contributed by atoms with van der Waals surface area (Å²) in [6.45, 7) is 0.644. The second-order valence-corrected chi connectivity index (χ2v) is 5.73. The van der Waals surface area contributed by atoms with Gasteiger partial charge in [0.2, 0.25) is 5.78 Å². The molecule has 24 heavy (non-hydrogen) atoms. The maximum Gasteiger partial charge on any atom is 0.211 e. The first-order valence-corrected chi connectivity index (χ1v) is 7.90. The fourth-order valence-corrected chi connectivity index (χ4v) is 2.96. The molecular formula is C21H16N2O. The zero-order valence-corrected chi connectivity index (χ0v) is 13.1. The highest BCUT2D eigenvalue weighted by atomic mass is 16.1. The van der Waals surface area contributed by atoms with Gasteiger partial charge < -0.3 is 4.57 Å². The number of hydrogen-bond acceptors (Lipinski definition) is 2. The molecule has 0 saturated heterocycles. The molecule has 0 radical (unpaired) electrons. The van der Waals surface area contributed by atoms with Gasteiger partial charge in [-0.1, -0.05) is 60.7 Å². The number of benzene rings is 2. The first-order chi connectivity index (χ1) is 11.8. The molecule has 2 heterocycles. The molecule has 4 aromatic rings. The summed E-state index contributed by atoms with van der Waals surface area (Å²) in [5.74, 6) is 0.000214. The third-order valence-corrected chi connectivity index (χ3v) is 4.09. The molecule has 0 aliphatic carbocycles. The maximum absolute atomic E-state index is 13.1. The summed E-state index contributed by atoms with van der Waals surface area (Å²) in [6, 6.07) is 23.4. The molecule has 0 unspecified atom stereocenters. The minimum atomic E-state index is 0.000214. The van der Waals surface area contributed by atoms with Crippen molar-refractivity contribution in [1.29, 1.82) is 0 Å². The van der Waals surface area contributed by atoms with Crippen LogP contribution in [0.25, 0.3) is 10.9 Å². The zero-order chi connectivity index (χ0) is 16.4. The Morgan fingerprint density at radius 1 is 0.875 bits per heavy atom. The molecule has 4 rings (SSSR count). The van der Waals surface area contributed by atoms with Crippen molar-refractivity contribution in [3.05, 3.63) is 102 Å². The molecule has 0 aliphatic heterocycles. The number of pyridine rings is 1. The van der Waals surface area contributed by atoms with Crippen LogP contribution in [0, 0.1) is 0 Å². The van der Waals surface area contributed by atoms with E-state index in [-0.39, 0.29) is 5.78 Å². The van der Waals surface area contributed by atoms with Crippen LogP contribution in [0.15, 0.2) is 85.2 Å². The Labute approximate surface area is 140 Å². The fraction of sp³-hybridized carbons (Fsp3) is 0.0476. The molecule has 2 aromatic carbocycles. The molecule has 0 spiro atoms. The van der Waals surface area contributed by atoms with Crippen LogP contribution in [-0.4, -0.2) is 15.3 Å². The SMILES string of the molecule is O=C(c1ccccc1)c1c2ncccc2cn1Cc1ccccc1. The molecule has 0 aliphatic rings. The van der Waals surface area contributed by atoms with Crippen molar-refractivity contribution >= 4 is 16.7 Å². The van der Waals surface area contributed by atoms with E-state index < -0.39 is 0 Å². The molecule has 0 N–H and O–H groups in total. The van der Waals surface area contributed by atoms with E-state index in [9.17, 15) is 4.79 Å². The minimum Gasteiger partial charge on any atom is -0.338 e. The summed E-state index contributed by atoms with van der Waals surface area (Å²) in [6.07, 6.45) is 3.74. The van der Waals surface area contributed by atoms with Gasteiger partial charge in [-0.25, -0.2) is 0 Å². The van der Waals surface area contributed by atoms with Crippen LogP contribution in [0.3, 0.4) is 0 Å². The van der Waals surface area contributed by atoms with Gasteiger partial charge in [0, 0.05) is 29.9 Å². The molecule has 0 amide bonds. The lowest BCUT2D eigenvalue weighted by atomic mass is 10.1. The lowest BCUT2D eigenvalue weighted by Crippen LogP contribution is -2.11. The zero-order valence-electron chi connectivity index (χ0n) is 13.1. The van der Waals surface area contributed by atoms with E-state index in [2.05, 4.69) is 17.1 Å². The van der Waals surface area contributed by atoms with Crippen molar-refractivity contribution in [2.75, 3.05) is 0 Å². The average molecular weight is 312 g/mol. The van der Waals surface area contributed by atoms with Crippen LogP contribution in [0.1, 0.15) is 21.6 Å². The van der Waals surface area contributed by atoms with Crippen molar-refractivity contribution in [2.24, 2.45) is 0 Å². The highest BCUT2D eigenvalue weighted by Gasteiger charge is 2.19. The van der Waals surface area contributed by atoms with Crippen LogP contribution in [0.5, 0.6) is 0 Å². The lowest BCUT2D eigenvalue weighted by molar-refractivity contribution is 0.103. The normalized spacial score (nSPS) is 10.8. The van der Waals surface area contributed by atoms with E-state index in [1.165, 1.54) is 0 Å². The first-order valence-electron chi connectivity index (χ1n) is 7.90. The quantitative estimate of drug-likeness (QED) is 0.526. The summed E-state index contributed by atoms with van der Waals surface area (Å²) in [7, 11) is 0. The van der Waals surface area contributed by atoms with Gasteiger partial charge >= 0.3 is 0 Å². The standard InChI is InChI=1S/C21H16N2O/c24-21(17-10-5-2-6-11-17)20-19-18(12-7-13-22-19)15-23(20)14-16-8-3-1-4-9-16/h1-13,15H,14H2. The van der Waals surface area contributed by atoms with Crippen LogP contribution in [-0.2, 0) is 6.54 Å². The summed E-state index contributed by atoms with van der Waals surface area (Å²) in [4.78, 5) is 17.5. The summed E-state index contributed by atoms with van der Waals surface area (Å²) < 4.78 is 2.00. The number of aromatic nitrogens is 2. The van der Waals surface area contributed by atoms with Gasteiger partial charge in [-0.15, -0.1) is 0 Å². The van der Waals surface area contributed by atoms with Crippen molar-refractivity contribution < 1.29 is 4.79 Å². The third kappa shape index (κ3) is 2.61. The lowest BCUT2D eigenvalue weighted by Gasteiger charge is -2.09. The summed E-state index contributed by atoms with van der Waals surface area (Å²) in [5.41, 5.74) is 3.22. The van der Waals surface area contributed by atoms with Crippen LogP contribution in [0.4, 0.5) is 0 Å². The average Bonchev–Trinajstić information content (AvgIpc) is 3.00. The first kappa shape index (κ1) is 14.4. The predicted octanol–water partition coefficient (Wildman–Crippen LogP) is 4.32. The Morgan fingerprint density at radius 3 is 2.33 bits per heavy atom. The van der Waals surface area contributed by atoms with E-state index in [1.807, 2.05) is 71.4 Å². The predicted molar refractivity (Wildman–Crippen MR) is 95.2 cm³/mol. The van der Waals surface area contributed by atoms with Gasteiger partial charge in [-0.2, -0.15) is 0 Å². The fourth-order valence-electron chi connectivity index (χ4n) is 2.96. The second kappa shape index (κ2) is 6.13. The third-order valence-electron chi connectivity index (χ3n) is 4.09. The van der Waals surface area contributed by atoms with Crippen molar-refractivity contribution in [3.8, 4) is 0 Å². The van der Waals surface area contributed by atoms with Crippen LogP contribution < -0.4 is 0 Å². The number of ketones is 1. The Hall–Kier alpha value is -3.20. The van der Waals surface area contributed by atoms with Crippen LogP contribution >= 0.6 is 0 Å². The highest BCUT2D eigenvalue weighted by molar-refractivity contribution is 6.14. The topological polar surface area (TPSA) is 34.9 Å². The summed E-state index contributed by atoms with van der Waals surface area (Å²) in [5, 5.41) is 0.979. The molecule has 3 heteroatoms. The Morgan fingerprint density at radius 2 is 1.58 bits per heavy atom. The molecule has 0 fully saturated rings.